The first-order valence-corrected chi connectivity index (χ1v) is 8.96. The Hall–Kier alpha value is -2.95. The smallest absolute Gasteiger partial charge is 0.254 e. The highest BCUT2D eigenvalue weighted by atomic mass is 16.3. The molecule has 2 amide bonds. The van der Waals surface area contributed by atoms with E-state index in [9.17, 15) is 14.7 Å². The Morgan fingerprint density at radius 2 is 1.62 bits per heavy atom. The first-order chi connectivity index (χ1) is 12.6. The molecule has 0 aromatic heterocycles. The van der Waals surface area contributed by atoms with Crippen molar-refractivity contribution in [2.75, 3.05) is 0 Å². The van der Waals surface area contributed by atoms with Crippen molar-refractivity contribution < 1.29 is 14.7 Å². The lowest BCUT2D eigenvalue weighted by molar-refractivity contribution is -0.140. The van der Waals surface area contributed by atoms with Gasteiger partial charge < -0.3 is 5.11 Å². The fraction of sp³-hybridized carbons (Fsp3) is 0.286. The summed E-state index contributed by atoms with van der Waals surface area (Å²) in [6.45, 7) is 0. The molecule has 26 heavy (non-hydrogen) atoms. The summed E-state index contributed by atoms with van der Waals surface area (Å²) in [4.78, 5) is 25.6. The third-order valence-electron chi connectivity index (χ3n) is 5.99. The van der Waals surface area contributed by atoms with Gasteiger partial charge in [0.2, 0.25) is 0 Å². The van der Waals surface area contributed by atoms with Crippen LogP contribution in [0.2, 0.25) is 0 Å². The second-order valence-corrected chi connectivity index (χ2v) is 7.29. The van der Waals surface area contributed by atoms with Gasteiger partial charge in [0.1, 0.15) is 5.75 Å². The van der Waals surface area contributed by atoms with E-state index in [-0.39, 0.29) is 41.2 Å². The number of amides is 2. The minimum atomic E-state index is -0.274. The number of hydrogen-bond donors (Lipinski definition) is 1. The molecular formula is C21H18N2O3. The average Bonchev–Trinajstić information content (AvgIpc) is 2.95. The highest BCUT2D eigenvalue weighted by Crippen LogP contribution is 2.49. The molecule has 3 aliphatic carbocycles. The molecule has 1 N–H and O–H groups in total. The van der Waals surface area contributed by atoms with Gasteiger partial charge in [-0.3, -0.25) is 9.59 Å². The zero-order chi connectivity index (χ0) is 17.8. The van der Waals surface area contributed by atoms with Crippen molar-refractivity contribution >= 4 is 28.8 Å². The van der Waals surface area contributed by atoms with Crippen LogP contribution in [-0.2, 0) is 9.59 Å². The number of hydrogen-bond acceptors (Lipinski definition) is 4. The molecule has 4 aliphatic rings. The molecule has 130 valence electrons. The van der Waals surface area contributed by atoms with E-state index >= 15 is 0 Å². The SMILES string of the molecule is O=C1[C@@H]2[C@H](C(=O)N1/N=C\c1c(O)ccc3ccccc13)[C@@H]1C=C[C@@H]2CC1. The van der Waals surface area contributed by atoms with Crippen molar-refractivity contribution in [1.82, 2.24) is 5.01 Å². The molecular weight excluding hydrogens is 328 g/mol. The number of phenols is 1. The zero-order valence-electron chi connectivity index (χ0n) is 14.1. The molecule has 2 aromatic carbocycles. The topological polar surface area (TPSA) is 70.0 Å². The molecule has 1 saturated heterocycles. The van der Waals surface area contributed by atoms with Crippen LogP contribution >= 0.6 is 0 Å². The van der Waals surface area contributed by atoms with Crippen LogP contribution in [0.5, 0.6) is 5.75 Å². The number of nitrogens with zero attached hydrogens (tertiary/aromatic N) is 2. The lowest BCUT2D eigenvalue weighted by Gasteiger charge is -2.37. The maximum absolute atomic E-state index is 12.8. The minimum absolute atomic E-state index is 0.0747. The lowest BCUT2D eigenvalue weighted by Crippen LogP contribution is -2.38. The maximum Gasteiger partial charge on any atom is 0.254 e. The molecule has 0 unspecified atom stereocenters. The van der Waals surface area contributed by atoms with E-state index in [1.165, 1.54) is 6.21 Å². The summed E-state index contributed by atoms with van der Waals surface area (Å²) < 4.78 is 0. The molecule has 5 nitrogen and oxygen atoms in total. The number of fused-ring (bicyclic) bond motifs is 2. The molecule has 1 saturated carbocycles. The number of hydrazone groups is 1. The van der Waals surface area contributed by atoms with E-state index < -0.39 is 0 Å². The minimum Gasteiger partial charge on any atom is -0.507 e. The van der Waals surface area contributed by atoms with Crippen molar-refractivity contribution in [2.24, 2.45) is 28.8 Å². The van der Waals surface area contributed by atoms with Crippen LogP contribution in [0.25, 0.3) is 10.8 Å². The summed E-state index contributed by atoms with van der Waals surface area (Å²) >= 11 is 0. The summed E-state index contributed by atoms with van der Waals surface area (Å²) in [6, 6.07) is 11.0. The van der Waals surface area contributed by atoms with Crippen LogP contribution < -0.4 is 0 Å². The summed E-state index contributed by atoms with van der Waals surface area (Å²) in [5.41, 5.74) is 0.514. The van der Waals surface area contributed by atoms with Crippen LogP contribution in [0.15, 0.2) is 53.7 Å². The highest BCUT2D eigenvalue weighted by Gasteiger charge is 2.56. The van der Waals surface area contributed by atoms with E-state index in [1.54, 1.807) is 6.07 Å². The normalized spacial score (nSPS) is 29.9. The van der Waals surface area contributed by atoms with Gasteiger partial charge in [-0.1, -0.05) is 42.5 Å². The van der Waals surface area contributed by atoms with Crippen LogP contribution in [0.1, 0.15) is 18.4 Å². The van der Waals surface area contributed by atoms with Crippen molar-refractivity contribution in [3.8, 4) is 5.75 Å². The van der Waals surface area contributed by atoms with Crippen molar-refractivity contribution in [2.45, 2.75) is 12.8 Å². The van der Waals surface area contributed by atoms with E-state index in [2.05, 4.69) is 17.3 Å². The third-order valence-corrected chi connectivity index (χ3v) is 5.99. The van der Waals surface area contributed by atoms with E-state index in [0.717, 1.165) is 28.6 Å². The molecule has 0 radical (unpaired) electrons. The molecule has 1 heterocycles. The molecule has 2 bridgehead atoms. The fourth-order valence-electron chi connectivity index (χ4n) is 4.71. The van der Waals surface area contributed by atoms with Crippen LogP contribution in [-0.4, -0.2) is 28.1 Å². The average molecular weight is 346 g/mol. The van der Waals surface area contributed by atoms with Gasteiger partial charge in [-0.25, -0.2) is 0 Å². The highest BCUT2D eigenvalue weighted by molar-refractivity contribution is 6.08. The second kappa shape index (κ2) is 5.53. The van der Waals surface area contributed by atoms with Crippen LogP contribution in [0.4, 0.5) is 0 Å². The summed E-state index contributed by atoms with van der Waals surface area (Å²) in [5.74, 6) is -0.606. The van der Waals surface area contributed by atoms with Gasteiger partial charge in [-0.2, -0.15) is 10.1 Å². The molecule has 2 aromatic rings. The molecule has 6 rings (SSSR count). The van der Waals surface area contributed by atoms with Gasteiger partial charge in [0.05, 0.1) is 18.1 Å². The van der Waals surface area contributed by atoms with Gasteiger partial charge in [0.15, 0.2) is 0 Å². The Bertz CT molecular complexity index is 962. The fourth-order valence-corrected chi connectivity index (χ4v) is 4.71. The Morgan fingerprint density at radius 3 is 2.27 bits per heavy atom. The number of imide groups is 1. The third kappa shape index (κ3) is 2.06. The van der Waals surface area contributed by atoms with Crippen LogP contribution in [0.3, 0.4) is 0 Å². The van der Waals surface area contributed by atoms with Crippen molar-refractivity contribution in [1.29, 1.82) is 0 Å². The maximum atomic E-state index is 12.8. The first kappa shape index (κ1) is 15.3. The zero-order valence-corrected chi connectivity index (χ0v) is 14.1. The van der Waals surface area contributed by atoms with E-state index in [0.29, 0.717) is 5.56 Å². The summed E-state index contributed by atoms with van der Waals surface area (Å²) in [6.07, 6.45) is 7.53. The Morgan fingerprint density at radius 1 is 0.962 bits per heavy atom. The number of carbonyl (C=O) groups excluding carboxylic acids is 2. The predicted molar refractivity (Wildman–Crippen MR) is 97.4 cm³/mol. The second-order valence-electron chi connectivity index (χ2n) is 7.29. The number of benzene rings is 2. The number of aromatic hydroxyl groups is 1. The van der Waals surface area contributed by atoms with Gasteiger partial charge in [-0.15, -0.1) is 0 Å². The Balaban J connectivity index is 1.52. The quantitative estimate of drug-likeness (QED) is 0.516. The standard InChI is InChI=1S/C21H18N2O3/c24-17-10-9-12-3-1-2-4-15(12)16(17)11-22-23-20(25)18-13-5-6-14(8-7-13)19(18)21(23)26/h1-6,9-11,13-14,18-19,24H,7-8H2/b22-11-/t13-,14-,18-,19+/m1/s1. The van der Waals surface area contributed by atoms with Crippen molar-refractivity contribution in [3.63, 3.8) is 0 Å². The molecule has 4 atom stereocenters. The monoisotopic (exact) mass is 346 g/mol. The number of allylic oxidation sites excluding steroid dienone is 2. The predicted octanol–water partition coefficient (Wildman–Crippen LogP) is 3.08. The molecule has 0 spiro atoms. The molecule has 1 aliphatic heterocycles. The van der Waals surface area contributed by atoms with Gasteiger partial charge in [-0.05, 0) is 41.5 Å². The molecule has 5 heteroatoms. The Kier molecular flexibility index (Phi) is 3.26. The van der Waals surface area contributed by atoms with Crippen LogP contribution in [0, 0.1) is 23.7 Å². The van der Waals surface area contributed by atoms with Gasteiger partial charge in [0, 0.05) is 5.56 Å². The van der Waals surface area contributed by atoms with E-state index in [4.69, 9.17) is 0 Å². The van der Waals surface area contributed by atoms with E-state index in [1.807, 2.05) is 30.3 Å². The number of rotatable bonds is 2. The van der Waals surface area contributed by atoms with Crippen molar-refractivity contribution in [3.05, 3.63) is 54.1 Å². The largest absolute Gasteiger partial charge is 0.507 e. The number of carbonyl (C=O) groups is 2. The van der Waals surface area contributed by atoms with Gasteiger partial charge in [0.25, 0.3) is 11.8 Å². The Labute approximate surface area is 150 Å². The summed E-state index contributed by atoms with van der Waals surface area (Å²) in [5, 5.41) is 17.2. The molecule has 2 fully saturated rings. The van der Waals surface area contributed by atoms with Gasteiger partial charge >= 0.3 is 0 Å². The first-order valence-electron chi connectivity index (χ1n) is 8.96. The summed E-state index contributed by atoms with van der Waals surface area (Å²) in [7, 11) is 0. The lowest BCUT2D eigenvalue weighted by atomic mass is 9.63. The number of phenolic OH excluding ortho intramolecular Hbond substituents is 1.